The van der Waals surface area contributed by atoms with Gasteiger partial charge in [-0.05, 0) is 38.1 Å². The highest BCUT2D eigenvalue weighted by molar-refractivity contribution is 5.56. The van der Waals surface area contributed by atoms with Gasteiger partial charge < -0.3 is 9.73 Å². The number of aromatic nitrogens is 1. The van der Waals surface area contributed by atoms with E-state index in [4.69, 9.17) is 4.42 Å². The summed E-state index contributed by atoms with van der Waals surface area (Å²) in [7, 11) is 0. The second-order valence-electron chi connectivity index (χ2n) is 4.54. The third-order valence-corrected chi connectivity index (χ3v) is 3.00. The first-order valence-corrected chi connectivity index (χ1v) is 6.62. The van der Waals surface area contributed by atoms with Crippen LogP contribution < -0.4 is 5.32 Å². The topological polar surface area (TPSA) is 38.1 Å². The minimum absolute atomic E-state index is 0.220. The highest BCUT2D eigenvalue weighted by Crippen LogP contribution is 2.22. The van der Waals surface area contributed by atoms with Crippen molar-refractivity contribution in [2.75, 3.05) is 13.1 Å². The van der Waals surface area contributed by atoms with Crippen LogP contribution >= 0.6 is 0 Å². The first-order valence-electron chi connectivity index (χ1n) is 6.62. The van der Waals surface area contributed by atoms with Crippen LogP contribution in [0.3, 0.4) is 0 Å². The van der Waals surface area contributed by atoms with Crippen LogP contribution in [-0.4, -0.2) is 18.1 Å². The molecule has 0 radical (unpaired) electrons. The van der Waals surface area contributed by atoms with Crippen molar-refractivity contribution in [2.45, 2.75) is 26.7 Å². The average Bonchev–Trinajstić information content (AvgIpc) is 2.87. The van der Waals surface area contributed by atoms with Gasteiger partial charge in [-0.25, -0.2) is 9.37 Å². The molecule has 0 aliphatic rings. The standard InChI is InChI=1S/C15H19FN2O/c1-3-17-8-4-5-15-18-10-14(19-15)12-7-6-11(2)13(16)9-12/h6-7,9-10,17H,3-5,8H2,1-2H3. The van der Waals surface area contributed by atoms with E-state index in [1.54, 1.807) is 19.2 Å². The van der Waals surface area contributed by atoms with Gasteiger partial charge in [0.05, 0.1) is 6.20 Å². The van der Waals surface area contributed by atoms with Gasteiger partial charge in [-0.15, -0.1) is 0 Å². The molecule has 0 atom stereocenters. The zero-order valence-electron chi connectivity index (χ0n) is 11.4. The van der Waals surface area contributed by atoms with Crippen molar-refractivity contribution in [1.29, 1.82) is 0 Å². The molecule has 2 rings (SSSR count). The molecule has 0 unspecified atom stereocenters. The van der Waals surface area contributed by atoms with Gasteiger partial charge in [0.2, 0.25) is 0 Å². The maximum atomic E-state index is 13.5. The molecule has 0 amide bonds. The van der Waals surface area contributed by atoms with Gasteiger partial charge in [-0.2, -0.15) is 0 Å². The van der Waals surface area contributed by atoms with Crippen LogP contribution in [0.2, 0.25) is 0 Å². The highest BCUT2D eigenvalue weighted by Gasteiger charge is 2.08. The van der Waals surface area contributed by atoms with Crippen LogP contribution in [0.15, 0.2) is 28.8 Å². The summed E-state index contributed by atoms with van der Waals surface area (Å²) in [4.78, 5) is 4.23. The van der Waals surface area contributed by atoms with Gasteiger partial charge in [0.15, 0.2) is 11.7 Å². The highest BCUT2D eigenvalue weighted by atomic mass is 19.1. The van der Waals surface area contributed by atoms with Gasteiger partial charge in [0.25, 0.3) is 0 Å². The molecule has 0 saturated heterocycles. The minimum Gasteiger partial charge on any atom is -0.441 e. The SMILES string of the molecule is CCNCCCc1ncc(-c2ccc(C)c(F)c2)o1. The van der Waals surface area contributed by atoms with Crippen LogP contribution in [0.25, 0.3) is 11.3 Å². The largest absolute Gasteiger partial charge is 0.441 e. The summed E-state index contributed by atoms with van der Waals surface area (Å²) in [5.74, 6) is 1.11. The summed E-state index contributed by atoms with van der Waals surface area (Å²) in [6, 6.07) is 5.08. The number of benzene rings is 1. The molecule has 102 valence electrons. The zero-order valence-corrected chi connectivity index (χ0v) is 11.4. The summed E-state index contributed by atoms with van der Waals surface area (Å²) >= 11 is 0. The van der Waals surface area contributed by atoms with Gasteiger partial charge in [0, 0.05) is 12.0 Å². The smallest absolute Gasteiger partial charge is 0.194 e. The number of hydrogen-bond donors (Lipinski definition) is 1. The van der Waals surface area contributed by atoms with Crippen LogP contribution in [-0.2, 0) is 6.42 Å². The Morgan fingerprint density at radius 1 is 1.37 bits per heavy atom. The Balaban J connectivity index is 2.01. The molecule has 0 aliphatic heterocycles. The van der Waals surface area contributed by atoms with E-state index in [9.17, 15) is 4.39 Å². The number of rotatable bonds is 6. The van der Waals surface area contributed by atoms with Crippen molar-refractivity contribution in [3.63, 3.8) is 0 Å². The van der Waals surface area contributed by atoms with E-state index in [-0.39, 0.29) is 5.82 Å². The van der Waals surface area contributed by atoms with E-state index in [0.29, 0.717) is 17.2 Å². The van der Waals surface area contributed by atoms with Gasteiger partial charge >= 0.3 is 0 Å². The molecular formula is C15H19FN2O. The molecule has 3 nitrogen and oxygen atoms in total. The van der Waals surface area contributed by atoms with E-state index < -0.39 is 0 Å². The lowest BCUT2D eigenvalue weighted by Crippen LogP contribution is -2.14. The fourth-order valence-corrected chi connectivity index (χ4v) is 1.85. The Hall–Kier alpha value is -1.68. The van der Waals surface area contributed by atoms with Crippen LogP contribution in [0.4, 0.5) is 4.39 Å². The molecule has 1 N–H and O–H groups in total. The summed E-state index contributed by atoms with van der Waals surface area (Å²) in [5.41, 5.74) is 1.36. The molecule has 0 bridgehead atoms. The third kappa shape index (κ3) is 3.64. The van der Waals surface area contributed by atoms with Crippen LogP contribution in [0, 0.1) is 12.7 Å². The van der Waals surface area contributed by atoms with E-state index in [1.807, 2.05) is 6.07 Å². The summed E-state index contributed by atoms with van der Waals surface area (Å²) in [6.45, 7) is 5.74. The van der Waals surface area contributed by atoms with Crippen molar-refractivity contribution < 1.29 is 8.81 Å². The first kappa shape index (κ1) is 13.7. The van der Waals surface area contributed by atoms with Crippen molar-refractivity contribution in [3.8, 4) is 11.3 Å². The predicted molar refractivity (Wildman–Crippen MR) is 73.5 cm³/mol. The molecule has 1 aromatic heterocycles. The third-order valence-electron chi connectivity index (χ3n) is 3.00. The summed E-state index contributed by atoms with van der Waals surface area (Å²) in [6.07, 6.45) is 3.43. The Morgan fingerprint density at radius 3 is 2.95 bits per heavy atom. The van der Waals surface area contributed by atoms with Crippen LogP contribution in [0.1, 0.15) is 24.8 Å². The normalized spacial score (nSPS) is 10.9. The molecule has 0 aliphatic carbocycles. The van der Waals surface area contributed by atoms with Crippen molar-refractivity contribution in [3.05, 3.63) is 41.7 Å². The molecule has 4 heteroatoms. The monoisotopic (exact) mass is 262 g/mol. The maximum Gasteiger partial charge on any atom is 0.194 e. The molecule has 0 spiro atoms. The lowest BCUT2D eigenvalue weighted by atomic mass is 10.1. The second kappa shape index (κ2) is 6.48. The lowest BCUT2D eigenvalue weighted by Gasteiger charge is -2.00. The van der Waals surface area contributed by atoms with E-state index >= 15 is 0 Å². The molecule has 0 fully saturated rings. The lowest BCUT2D eigenvalue weighted by molar-refractivity contribution is 0.492. The van der Waals surface area contributed by atoms with E-state index in [2.05, 4.69) is 17.2 Å². The Bertz CT molecular complexity index is 537. The number of nitrogens with zero attached hydrogens (tertiary/aromatic N) is 1. The molecule has 1 aromatic carbocycles. The number of nitrogens with one attached hydrogen (secondary N) is 1. The number of oxazole rings is 1. The number of hydrogen-bond acceptors (Lipinski definition) is 3. The number of halogens is 1. The van der Waals surface area contributed by atoms with Gasteiger partial charge in [-0.1, -0.05) is 19.1 Å². The van der Waals surface area contributed by atoms with Gasteiger partial charge in [0.1, 0.15) is 5.82 Å². The second-order valence-corrected chi connectivity index (χ2v) is 4.54. The van der Waals surface area contributed by atoms with E-state index in [1.165, 1.54) is 6.07 Å². The fraction of sp³-hybridized carbons (Fsp3) is 0.400. The summed E-state index contributed by atoms with van der Waals surface area (Å²) < 4.78 is 19.1. The molecule has 1 heterocycles. The maximum absolute atomic E-state index is 13.5. The fourth-order valence-electron chi connectivity index (χ4n) is 1.85. The van der Waals surface area contributed by atoms with Crippen molar-refractivity contribution >= 4 is 0 Å². The zero-order chi connectivity index (χ0) is 13.7. The Morgan fingerprint density at radius 2 is 2.21 bits per heavy atom. The Kier molecular flexibility index (Phi) is 4.68. The van der Waals surface area contributed by atoms with Crippen molar-refractivity contribution in [1.82, 2.24) is 10.3 Å². The first-order chi connectivity index (χ1) is 9.20. The van der Waals surface area contributed by atoms with Crippen LogP contribution in [0.5, 0.6) is 0 Å². The average molecular weight is 262 g/mol. The Labute approximate surface area is 112 Å². The van der Waals surface area contributed by atoms with Crippen molar-refractivity contribution in [2.24, 2.45) is 0 Å². The molecule has 2 aromatic rings. The van der Waals surface area contributed by atoms with Gasteiger partial charge in [-0.3, -0.25) is 0 Å². The minimum atomic E-state index is -0.220. The summed E-state index contributed by atoms with van der Waals surface area (Å²) in [5, 5.41) is 3.25. The molecule has 19 heavy (non-hydrogen) atoms. The van der Waals surface area contributed by atoms with E-state index in [0.717, 1.165) is 31.5 Å². The molecular weight excluding hydrogens is 243 g/mol. The molecule has 0 saturated carbocycles. The number of aryl methyl sites for hydroxylation is 2. The quantitative estimate of drug-likeness (QED) is 0.811. The predicted octanol–water partition coefficient (Wildman–Crippen LogP) is 3.33.